The first-order valence-corrected chi connectivity index (χ1v) is 10.5. The molecule has 1 N–H and O–H groups in total. The highest BCUT2D eigenvalue weighted by atomic mass is 16.5. The summed E-state index contributed by atoms with van der Waals surface area (Å²) in [6, 6.07) is 19.9. The third-order valence-corrected chi connectivity index (χ3v) is 5.27. The number of rotatable bonds is 7. The van der Waals surface area contributed by atoms with Crippen molar-refractivity contribution in [1.29, 1.82) is 0 Å². The number of amides is 2. The standard InChI is InChI=1S/C25H25N3O3/c29-23-13-4-5-15-28(23)24(20-9-2-1-3-10-20)25(30)27-21-11-6-12-22(16-21)31-18-19-8-7-14-26-17-19/h1-3,6-12,14,16-17,24H,4-5,13,15,18H2,(H,27,30). The smallest absolute Gasteiger partial charge is 0.251 e. The molecule has 1 fully saturated rings. The summed E-state index contributed by atoms with van der Waals surface area (Å²) < 4.78 is 5.84. The van der Waals surface area contributed by atoms with Crippen LogP contribution in [0.3, 0.4) is 0 Å². The summed E-state index contributed by atoms with van der Waals surface area (Å²) in [4.78, 5) is 31.6. The van der Waals surface area contributed by atoms with Gasteiger partial charge < -0.3 is 15.0 Å². The zero-order chi connectivity index (χ0) is 21.5. The molecule has 0 bridgehead atoms. The summed E-state index contributed by atoms with van der Waals surface area (Å²) in [5, 5.41) is 2.97. The Morgan fingerprint density at radius 1 is 1.06 bits per heavy atom. The van der Waals surface area contributed by atoms with Crippen LogP contribution in [0.25, 0.3) is 0 Å². The SMILES string of the molecule is O=C(Nc1cccc(OCc2cccnc2)c1)C(c1ccccc1)N1CCCCC1=O. The lowest BCUT2D eigenvalue weighted by molar-refractivity contribution is -0.141. The quantitative estimate of drug-likeness (QED) is 0.623. The maximum atomic E-state index is 13.3. The minimum atomic E-state index is -0.658. The molecule has 0 radical (unpaired) electrons. The molecule has 2 aromatic carbocycles. The fourth-order valence-corrected chi connectivity index (χ4v) is 3.73. The molecule has 1 atom stereocenters. The van der Waals surface area contributed by atoms with E-state index in [1.807, 2.05) is 60.7 Å². The minimum absolute atomic E-state index is 0.0174. The highest BCUT2D eigenvalue weighted by molar-refractivity contribution is 5.98. The molecule has 158 valence electrons. The third kappa shape index (κ3) is 5.28. The Bertz CT molecular complexity index is 1020. The van der Waals surface area contributed by atoms with Crippen LogP contribution in [0.5, 0.6) is 5.75 Å². The Morgan fingerprint density at radius 3 is 2.71 bits per heavy atom. The lowest BCUT2D eigenvalue weighted by Crippen LogP contribution is -2.43. The van der Waals surface area contributed by atoms with Crippen molar-refractivity contribution >= 4 is 17.5 Å². The van der Waals surface area contributed by atoms with Crippen LogP contribution < -0.4 is 10.1 Å². The number of pyridine rings is 1. The van der Waals surface area contributed by atoms with Gasteiger partial charge in [-0.1, -0.05) is 42.5 Å². The molecule has 0 saturated carbocycles. The number of hydrogen-bond donors (Lipinski definition) is 1. The van der Waals surface area contributed by atoms with Crippen molar-refractivity contribution < 1.29 is 14.3 Å². The monoisotopic (exact) mass is 415 g/mol. The lowest BCUT2D eigenvalue weighted by Gasteiger charge is -2.34. The molecule has 1 aliphatic rings. The maximum absolute atomic E-state index is 13.3. The van der Waals surface area contributed by atoms with E-state index in [-0.39, 0.29) is 11.8 Å². The van der Waals surface area contributed by atoms with Crippen molar-refractivity contribution in [3.63, 3.8) is 0 Å². The Hall–Kier alpha value is -3.67. The van der Waals surface area contributed by atoms with E-state index in [1.54, 1.807) is 23.4 Å². The lowest BCUT2D eigenvalue weighted by atomic mass is 10.0. The van der Waals surface area contributed by atoms with E-state index in [0.717, 1.165) is 24.0 Å². The average Bonchev–Trinajstić information content (AvgIpc) is 2.81. The number of benzene rings is 2. The predicted octanol–water partition coefficient (Wildman–Crippen LogP) is 4.35. The molecule has 4 rings (SSSR count). The average molecular weight is 415 g/mol. The number of aromatic nitrogens is 1. The molecule has 1 aliphatic heterocycles. The van der Waals surface area contributed by atoms with Crippen molar-refractivity contribution in [2.24, 2.45) is 0 Å². The van der Waals surface area contributed by atoms with Crippen LogP contribution in [0.2, 0.25) is 0 Å². The molecule has 31 heavy (non-hydrogen) atoms. The zero-order valence-electron chi connectivity index (χ0n) is 17.2. The minimum Gasteiger partial charge on any atom is -0.489 e. The van der Waals surface area contributed by atoms with Gasteiger partial charge in [0.2, 0.25) is 5.91 Å². The van der Waals surface area contributed by atoms with E-state index in [0.29, 0.717) is 31.0 Å². The van der Waals surface area contributed by atoms with E-state index in [9.17, 15) is 9.59 Å². The Kier molecular flexibility index (Phi) is 6.57. The summed E-state index contributed by atoms with van der Waals surface area (Å²) in [5.74, 6) is 0.432. The first-order chi connectivity index (χ1) is 15.2. The highest BCUT2D eigenvalue weighted by Crippen LogP contribution is 2.28. The van der Waals surface area contributed by atoms with Gasteiger partial charge in [-0.3, -0.25) is 14.6 Å². The second-order valence-corrected chi connectivity index (χ2v) is 7.52. The van der Waals surface area contributed by atoms with Gasteiger partial charge >= 0.3 is 0 Å². The number of ether oxygens (including phenoxy) is 1. The molecule has 6 heteroatoms. The van der Waals surface area contributed by atoms with Gasteiger partial charge in [-0.15, -0.1) is 0 Å². The van der Waals surface area contributed by atoms with Crippen molar-refractivity contribution in [3.8, 4) is 5.75 Å². The molecule has 6 nitrogen and oxygen atoms in total. The van der Waals surface area contributed by atoms with Crippen molar-refractivity contribution in [3.05, 3.63) is 90.3 Å². The second kappa shape index (κ2) is 9.89. The number of hydrogen-bond acceptors (Lipinski definition) is 4. The molecule has 0 spiro atoms. The van der Waals surface area contributed by atoms with Gasteiger partial charge in [-0.25, -0.2) is 0 Å². The van der Waals surface area contributed by atoms with Crippen LogP contribution in [0.4, 0.5) is 5.69 Å². The van der Waals surface area contributed by atoms with E-state index in [4.69, 9.17) is 4.74 Å². The number of carbonyl (C=O) groups is 2. The summed E-state index contributed by atoms with van der Waals surface area (Å²) in [6.07, 6.45) is 5.73. The molecule has 2 heterocycles. The van der Waals surface area contributed by atoms with E-state index >= 15 is 0 Å². The van der Waals surface area contributed by atoms with Crippen LogP contribution in [0.1, 0.15) is 36.4 Å². The summed E-state index contributed by atoms with van der Waals surface area (Å²) in [6.45, 7) is 0.972. The molecule has 3 aromatic rings. The normalized spacial score (nSPS) is 14.7. The van der Waals surface area contributed by atoms with E-state index < -0.39 is 6.04 Å². The van der Waals surface area contributed by atoms with Gasteiger partial charge in [-0.05, 0) is 36.6 Å². The Balaban J connectivity index is 1.50. The maximum Gasteiger partial charge on any atom is 0.251 e. The van der Waals surface area contributed by atoms with Crippen LogP contribution in [0, 0.1) is 0 Å². The van der Waals surface area contributed by atoms with Gasteiger partial charge in [0.05, 0.1) is 0 Å². The number of anilines is 1. The van der Waals surface area contributed by atoms with E-state index in [1.165, 1.54) is 0 Å². The number of nitrogens with one attached hydrogen (secondary N) is 1. The van der Waals surface area contributed by atoms with Crippen LogP contribution in [-0.2, 0) is 16.2 Å². The predicted molar refractivity (Wildman–Crippen MR) is 118 cm³/mol. The van der Waals surface area contributed by atoms with Crippen LogP contribution >= 0.6 is 0 Å². The van der Waals surface area contributed by atoms with Gasteiger partial charge in [0.1, 0.15) is 18.4 Å². The number of carbonyl (C=O) groups excluding carboxylic acids is 2. The molecular weight excluding hydrogens is 390 g/mol. The van der Waals surface area contributed by atoms with E-state index in [2.05, 4.69) is 10.3 Å². The van der Waals surface area contributed by atoms with Gasteiger partial charge in [0.15, 0.2) is 0 Å². The summed E-state index contributed by atoms with van der Waals surface area (Å²) in [7, 11) is 0. The topological polar surface area (TPSA) is 71.5 Å². The van der Waals surface area contributed by atoms with Crippen molar-refractivity contribution in [2.45, 2.75) is 31.9 Å². The summed E-state index contributed by atoms with van der Waals surface area (Å²) >= 11 is 0. The van der Waals surface area contributed by atoms with Crippen LogP contribution in [0.15, 0.2) is 79.1 Å². The molecular formula is C25H25N3O3. The van der Waals surface area contributed by atoms with Gasteiger partial charge in [-0.2, -0.15) is 0 Å². The van der Waals surface area contributed by atoms with Crippen molar-refractivity contribution in [1.82, 2.24) is 9.88 Å². The van der Waals surface area contributed by atoms with Crippen LogP contribution in [-0.4, -0.2) is 28.2 Å². The molecule has 1 saturated heterocycles. The fraction of sp³-hybridized carbons (Fsp3) is 0.240. The Labute approximate surface area is 181 Å². The molecule has 1 aromatic heterocycles. The first kappa shape index (κ1) is 20.6. The summed E-state index contributed by atoms with van der Waals surface area (Å²) in [5.41, 5.74) is 2.39. The molecule has 0 aliphatic carbocycles. The zero-order valence-corrected chi connectivity index (χ0v) is 17.2. The third-order valence-electron chi connectivity index (χ3n) is 5.27. The highest BCUT2D eigenvalue weighted by Gasteiger charge is 2.32. The number of nitrogens with zero attached hydrogens (tertiary/aromatic N) is 2. The fourth-order valence-electron chi connectivity index (χ4n) is 3.73. The van der Waals surface area contributed by atoms with Crippen molar-refractivity contribution in [2.75, 3.05) is 11.9 Å². The van der Waals surface area contributed by atoms with Gasteiger partial charge in [0, 0.05) is 42.7 Å². The Morgan fingerprint density at radius 2 is 1.94 bits per heavy atom. The molecule has 2 amide bonds. The number of piperidine rings is 1. The van der Waals surface area contributed by atoms with Gasteiger partial charge in [0.25, 0.3) is 5.91 Å². The second-order valence-electron chi connectivity index (χ2n) is 7.52. The largest absolute Gasteiger partial charge is 0.489 e. The number of likely N-dealkylation sites (tertiary alicyclic amines) is 1. The molecule has 1 unspecified atom stereocenters. The first-order valence-electron chi connectivity index (χ1n) is 10.5.